The van der Waals surface area contributed by atoms with Gasteiger partial charge in [-0.3, -0.25) is 10.1 Å². The van der Waals surface area contributed by atoms with Crippen LogP contribution in [0.1, 0.15) is 16.8 Å². The second kappa shape index (κ2) is 6.43. The van der Waals surface area contributed by atoms with E-state index in [0.717, 1.165) is 11.6 Å². The topological polar surface area (TPSA) is 75.4 Å². The van der Waals surface area contributed by atoms with Crippen molar-refractivity contribution in [3.63, 3.8) is 0 Å². The summed E-state index contributed by atoms with van der Waals surface area (Å²) in [6.45, 7) is 0.643. The van der Waals surface area contributed by atoms with Gasteiger partial charge in [0.15, 0.2) is 5.69 Å². The van der Waals surface area contributed by atoms with Gasteiger partial charge in [-0.1, -0.05) is 6.07 Å². The minimum Gasteiger partial charge on any atom is -0.363 e. The van der Waals surface area contributed by atoms with E-state index in [1.54, 1.807) is 25.1 Å². The summed E-state index contributed by atoms with van der Waals surface area (Å²) in [6, 6.07) is 5.46. The summed E-state index contributed by atoms with van der Waals surface area (Å²) in [5, 5.41) is 10.9. The Morgan fingerprint density at radius 3 is 2.54 bits per heavy atom. The predicted octanol–water partition coefficient (Wildman–Crippen LogP) is 3.03. The molecule has 0 aliphatic carbocycles. The first kappa shape index (κ1) is 17.9. The number of fused-ring (bicyclic) bond motifs is 1. The molecule has 26 heavy (non-hydrogen) atoms. The first-order chi connectivity index (χ1) is 12.1. The van der Waals surface area contributed by atoms with Crippen molar-refractivity contribution in [1.82, 2.24) is 9.97 Å². The Morgan fingerprint density at radius 2 is 1.92 bits per heavy atom. The number of non-ortho nitro benzene ring substituents is 1. The van der Waals surface area contributed by atoms with Gasteiger partial charge in [-0.15, -0.1) is 0 Å². The van der Waals surface area contributed by atoms with Crippen molar-refractivity contribution in [2.24, 2.45) is 0 Å². The van der Waals surface area contributed by atoms with Crippen molar-refractivity contribution >= 4 is 17.5 Å². The maximum Gasteiger partial charge on any atom is 0.433 e. The van der Waals surface area contributed by atoms with Crippen molar-refractivity contribution < 1.29 is 18.1 Å². The molecule has 0 fully saturated rings. The molecule has 138 valence electrons. The van der Waals surface area contributed by atoms with Crippen LogP contribution in [0, 0.1) is 10.1 Å². The quantitative estimate of drug-likeness (QED) is 0.613. The number of rotatable bonds is 3. The van der Waals surface area contributed by atoms with Gasteiger partial charge in [0.05, 0.1) is 4.92 Å². The van der Waals surface area contributed by atoms with E-state index in [0.29, 0.717) is 18.5 Å². The third-order valence-electron chi connectivity index (χ3n) is 4.15. The van der Waals surface area contributed by atoms with Gasteiger partial charge in [0.25, 0.3) is 5.69 Å². The van der Waals surface area contributed by atoms with Crippen molar-refractivity contribution in [3.05, 3.63) is 51.2 Å². The molecule has 1 aromatic carbocycles. The van der Waals surface area contributed by atoms with Gasteiger partial charge in [0.2, 0.25) is 5.95 Å². The minimum atomic E-state index is -4.59. The van der Waals surface area contributed by atoms with E-state index < -0.39 is 16.8 Å². The normalized spacial score (nSPS) is 14.1. The number of alkyl halides is 3. The molecule has 0 N–H and O–H groups in total. The molecule has 0 atom stereocenters. The first-order valence-corrected chi connectivity index (χ1v) is 7.80. The van der Waals surface area contributed by atoms with Gasteiger partial charge < -0.3 is 9.80 Å². The zero-order valence-electron chi connectivity index (χ0n) is 14.1. The van der Waals surface area contributed by atoms with Crippen LogP contribution in [-0.2, 0) is 19.1 Å². The van der Waals surface area contributed by atoms with E-state index in [1.165, 1.54) is 17.0 Å². The molecule has 0 radical (unpaired) electrons. The number of halogens is 3. The van der Waals surface area contributed by atoms with Crippen LogP contribution in [0.3, 0.4) is 0 Å². The minimum absolute atomic E-state index is 0.0410. The molecule has 1 aliphatic heterocycles. The average Bonchev–Trinajstić information content (AvgIpc) is 2.59. The Hall–Kier alpha value is -2.91. The van der Waals surface area contributed by atoms with Gasteiger partial charge >= 0.3 is 6.18 Å². The second-order valence-electron chi connectivity index (χ2n) is 6.19. The Balaban J connectivity index is 1.98. The molecular formula is C16H16F3N5O2. The summed E-state index contributed by atoms with van der Waals surface area (Å²) >= 11 is 0. The lowest BCUT2D eigenvalue weighted by atomic mass is 9.99. The lowest BCUT2D eigenvalue weighted by molar-refractivity contribution is -0.384. The van der Waals surface area contributed by atoms with Crippen LogP contribution in [0.4, 0.5) is 30.6 Å². The SMILES string of the molecule is CN(C)c1cc(C(F)(F)F)nc(N2CCc3ccc([N+](=O)[O-])cc3C2)n1. The van der Waals surface area contributed by atoms with Gasteiger partial charge in [0, 0.05) is 45.4 Å². The zero-order chi connectivity index (χ0) is 19.1. The highest BCUT2D eigenvalue weighted by Crippen LogP contribution is 2.32. The molecule has 2 heterocycles. The molecule has 2 aromatic rings. The first-order valence-electron chi connectivity index (χ1n) is 7.80. The number of aromatic nitrogens is 2. The van der Waals surface area contributed by atoms with Gasteiger partial charge in [0.1, 0.15) is 5.82 Å². The van der Waals surface area contributed by atoms with E-state index in [-0.39, 0.29) is 24.0 Å². The molecule has 1 aliphatic rings. The fourth-order valence-electron chi connectivity index (χ4n) is 2.77. The number of anilines is 2. The van der Waals surface area contributed by atoms with E-state index in [1.807, 2.05) is 0 Å². The van der Waals surface area contributed by atoms with E-state index in [4.69, 9.17) is 0 Å². The van der Waals surface area contributed by atoms with Crippen molar-refractivity contribution in [2.75, 3.05) is 30.4 Å². The summed E-state index contributed by atoms with van der Waals surface area (Å²) in [5.74, 6) is 0.104. The number of benzene rings is 1. The summed E-state index contributed by atoms with van der Waals surface area (Å²) in [6.07, 6.45) is -4.04. The molecule has 0 spiro atoms. The van der Waals surface area contributed by atoms with E-state index in [9.17, 15) is 23.3 Å². The molecule has 7 nitrogen and oxygen atoms in total. The second-order valence-corrected chi connectivity index (χ2v) is 6.19. The number of nitro groups is 1. The molecule has 0 unspecified atom stereocenters. The number of hydrogen-bond donors (Lipinski definition) is 0. The summed E-state index contributed by atoms with van der Waals surface area (Å²) in [4.78, 5) is 21.4. The zero-order valence-corrected chi connectivity index (χ0v) is 14.1. The van der Waals surface area contributed by atoms with Gasteiger partial charge in [-0.25, -0.2) is 4.98 Å². The fourth-order valence-corrected chi connectivity index (χ4v) is 2.77. The standard InChI is InChI=1S/C16H16F3N5O2/c1-22(2)14-8-13(16(17,18)19)20-15(21-14)23-6-5-10-3-4-12(24(25)26)7-11(10)9-23/h3-4,7-8H,5-6,9H2,1-2H3. The summed E-state index contributed by atoms with van der Waals surface area (Å²) in [7, 11) is 3.20. The maximum absolute atomic E-state index is 13.2. The lowest BCUT2D eigenvalue weighted by Gasteiger charge is -2.29. The molecule has 1 aromatic heterocycles. The fraction of sp³-hybridized carbons (Fsp3) is 0.375. The highest BCUT2D eigenvalue weighted by Gasteiger charge is 2.35. The van der Waals surface area contributed by atoms with Crippen LogP contribution >= 0.6 is 0 Å². The van der Waals surface area contributed by atoms with Gasteiger partial charge in [-0.2, -0.15) is 18.2 Å². The Bertz CT molecular complexity index is 854. The Labute approximate surface area is 147 Å². The summed E-state index contributed by atoms with van der Waals surface area (Å²) in [5.41, 5.74) is 0.560. The highest BCUT2D eigenvalue weighted by atomic mass is 19.4. The Kier molecular flexibility index (Phi) is 4.43. The monoisotopic (exact) mass is 367 g/mol. The predicted molar refractivity (Wildman–Crippen MR) is 89.2 cm³/mol. The van der Waals surface area contributed by atoms with Crippen LogP contribution in [0.15, 0.2) is 24.3 Å². The average molecular weight is 367 g/mol. The van der Waals surface area contributed by atoms with E-state index >= 15 is 0 Å². The summed E-state index contributed by atoms with van der Waals surface area (Å²) < 4.78 is 39.5. The molecule has 0 saturated carbocycles. The van der Waals surface area contributed by atoms with Crippen LogP contribution < -0.4 is 9.80 Å². The van der Waals surface area contributed by atoms with Crippen molar-refractivity contribution in [2.45, 2.75) is 19.1 Å². The van der Waals surface area contributed by atoms with Gasteiger partial charge in [-0.05, 0) is 17.5 Å². The number of nitro benzene ring substituents is 1. The van der Waals surface area contributed by atoms with Crippen molar-refractivity contribution in [1.29, 1.82) is 0 Å². The molecular weight excluding hydrogens is 351 g/mol. The third kappa shape index (κ3) is 3.53. The largest absolute Gasteiger partial charge is 0.433 e. The highest BCUT2D eigenvalue weighted by molar-refractivity contribution is 5.49. The number of hydrogen-bond acceptors (Lipinski definition) is 6. The van der Waals surface area contributed by atoms with E-state index in [2.05, 4.69) is 9.97 Å². The molecule has 10 heteroatoms. The molecule has 3 rings (SSSR count). The lowest BCUT2D eigenvalue weighted by Crippen LogP contribution is -2.33. The Morgan fingerprint density at radius 1 is 1.19 bits per heavy atom. The molecule has 0 saturated heterocycles. The third-order valence-corrected chi connectivity index (χ3v) is 4.15. The number of nitrogens with zero attached hydrogens (tertiary/aromatic N) is 5. The van der Waals surface area contributed by atoms with Crippen LogP contribution in [0.25, 0.3) is 0 Å². The van der Waals surface area contributed by atoms with Crippen LogP contribution in [0.5, 0.6) is 0 Å². The molecule has 0 bridgehead atoms. The van der Waals surface area contributed by atoms with Crippen LogP contribution in [-0.4, -0.2) is 35.5 Å². The van der Waals surface area contributed by atoms with Crippen molar-refractivity contribution in [3.8, 4) is 0 Å². The van der Waals surface area contributed by atoms with Crippen LogP contribution in [0.2, 0.25) is 0 Å². The maximum atomic E-state index is 13.2. The molecule has 0 amide bonds. The smallest absolute Gasteiger partial charge is 0.363 e.